The van der Waals surface area contributed by atoms with Gasteiger partial charge in [0.25, 0.3) is 5.91 Å². The Kier molecular flexibility index (Phi) is 6.81. The molecule has 5 aliphatic rings. The van der Waals surface area contributed by atoms with Crippen molar-refractivity contribution in [2.45, 2.75) is 31.4 Å². The Hall–Kier alpha value is -5.53. The number of nitrogens with zero attached hydrogens (tertiary/aromatic N) is 1. The van der Waals surface area contributed by atoms with Gasteiger partial charge in [-0.05, 0) is 66.9 Å². The van der Waals surface area contributed by atoms with Gasteiger partial charge in [-0.2, -0.15) is 0 Å². The number of ether oxygens (including phenoxy) is 4. The van der Waals surface area contributed by atoms with Crippen molar-refractivity contribution in [1.82, 2.24) is 4.90 Å². The van der Waals surface area contributed by atoms with E-state index in [1.54, 1.807) is 57.4 Å². The summed E-state index contributed by atoms with van der Waals surface area (Å²) in [7, 11) is 3.13. The van der Waals surface area contributed by atoms with Crippen molar-refractivity contribution in [3.63, 3.8) is 0 Å². The van der Waals surface area contributed by atoms with Crippen LogP contribution < -0.4 is 24.7 Å². The lowest BCUT2D eigenvalue weighted by atomic mass is 9.51. The number of primary amides is 1. The Bertz CT molecular complexity index is 2140. The zero-order chi connectivity index (χ0) is 35.5. The van der Waals surface area contributed by atoms with Crippen LogP contribution in [0.4, 0.5) is 0 Å². The highest BCUT2D eigenvalue weighted by molar-refractivity contribution is 6.24. The molecule has 6 atom stereocenters. The number of fused-ring (bicyclic) bond motifs is 5. The van der Waals surface area contributed by atoms with Gasteiger partial charge in [-0.25, -0.2) is 0 Å². The number of carbonyl (C=O) groups excluding carboxylic acids is 3. The number of Topliss-reactive ketones (excluding diaryl/α,β-unsaturated/α-hetero) is 2. The second-order valence-corrected chi connectivity index (χ2v) is 13.6. The largest absolute Gasteiger partial charge is 0.508 e. The molecule has 0 aromatic heterocycles. The van der Waals surface area contributed by atoms with Crippen LogP contribution in [0.1, 0.15) is 30.9 Å². The number of aliphatic hydroxyl groups excluding tert-OH is 2. The molecule has 0 saturated heterocycles. The second-order valence-electron chi connectivity index (χ2n) is 13.6. The number of hydrogen-bond acceptors (Lipinski definition) is 12. The van der Waals surface area contributed by atoms with Crippen LogP contribution in [0.15, 0.2) is 59.4 Å². The second kappa shape index (κ2) is 10.7. The lowest BCUT2D eigenvalue weighted by molar-refractivity contribution is -0.160. The van der Waals surface area contributed by atoms with Crippen LogP contribution >= 0.6 is 0 Å². The van der Waals surface area contributed by atoms with Gasteiger partial charge in [-0.15, -0.1) is 0 Å². The van der Waals surface area contributed by atoms with E-state index in [1.165, 1.54) is 4.90 Å². The lowest BCUT2D eigenvalue weighted by Gasteiger charge is -2.54. The summed E-state index contributed by atoms with van der Waals surface area (Å²) in [6, 6.07) is 11.1. The third-order valence-electron chi connectivity index (χ3n) is 11.0. The molecule has 13 heteroatoms. The zero-order valence-electron chi connectivity index (χ0n) is 27.5. The van der Waals surface area contributed by atoms with Crippen LogP contribution in [0.25, 0.3) is 28.0 Å². The van der Waals surface area contributed by atoms with Gasteiger partial charge < -0.3 is 45.1 Å². The van der Waals surface area contributed by atoms with Crippen LogP contribution in [0.2, 0.25) is 0 Å². The normalized spacial score (nSPS) is 27.8. The molecule has 0 radical (unpaired) electrons. The van der Waals surface area contributed by atoms with Gasteiger partial charge in [0.2, 0.25) is 19.4 Å². The standard InChI is InChI=1S/C37H34N2O11/c1-14-23-15(2)28-29(39(3)4)32(42)27(36(38)45)35(44)37(28,46)34(43)26(23)31(41)25-24(14)18(16-8-9-20-22(10-16)49-12-47-20)11-19(30(25)40)17-6-5-7-21-33(17)50-13-48-21/h5-11,14-15,23,28-29,40-41,44,46H,12-13H2,1-4H3,(H2,38,45)/t14-,15+,23+,28+,29+,37+/m1/s1. The maximum Gasteiger partial charge on any atom is 0.255 e. The molecule has 1 fully saturated rings. The van der Waals surface area contributed by atoms with Gasteiger partial charge in [0.05, 0.1) is 11.6 Å². The van der Waals surface area contributed by atoms with Gasteiger partial charge in [0, 0.05) is 28.5 Å². The first-order valence-electron chi connectivity index (χ1n) is 16.1. The van der Waals surface area contributed by atoms with Crippen molar-refractivity contribution in [2.24, 2.45) is 23.5 Å². The molecule has 50 heavy (non-hydrogen) atoms. The molecule has 3 aliphatic carbocycles. The fourth-order valence-corrected chi connectivity index (χ4v) is 8.90. The summed E-state index contributed by atoms with van der Waals surface area (Å²) in [4.78, 5) is 42.3. The molecular weight excluding hydrogens is 648 g/mol. The number of aromatic hydroxyl groups is 1. The van der Waals surface area contributed by atoms with Crippen LogP contribution in [-0.2, 0) is 14.4 Å². The minimum atomic E-state index is -2.79. The zero-order valence-corrected chi connectivity index (χ0v) is 27.5. The van der Waals surface area contributed by atoms with Crippen LogP contribution in [-0.4, -0.2) is 82.1 Å². The summed E-state index contributed by atoms with van der Waals surface area (Å²) < 4.78 is 22.6. The molecule has 258 valence electrons. The number of hydrogen-bond donors (Lipinski definition) is 5. The number of para-hydroxylation sites is 1. The predicted octanol–water partition coefficient (Wildman–Crippen LogP) is 3.56. The average Bonchev–Trinajstić information content (AvgIpc) is 3.76. The quantitative estimate of drug-likeness (QED) is 0.251. The molecule has 6 N–H and O–H groups in total. The van der Waals surface area contributed by atoms with Crippen molar-refractivity contribution < 1.29 is 53.8 Å². The van der Waals surface area contributed by atoms with E-state index in [0.29, 0.717) is 45.3 Å². The summed E-state index contributed by atoms with van der Waals surface area (Å²) in [5.41, 5.74) is 4.03. The maximum absolute atomic E-state index is 14.7. The van der Waals surface area contributed by atoms with Crippen LogP contribution in [0.5, 0.6) is 28.7 Å². The highest BCUT2D eigenvalue weighted by atomic mass is 16.7. The topological polar surface area (TPSA) is 198 Å². The van der Waals surface area contributed by atoms with E-state index >= 15 is 0 Å². The van der Waals surface area contributed by atoms with E-state index in [-0.39, 0.29) is 36.0 Å². The smallest absolute Gasteiger partial charge is 0.255 e. The Balaban J connectivity index is 1.43. The average molecular weight is 683 g/mol. The number of carbonyl (C=O) groups is 3. The Morgan fingerprint density at radius 2 is 1.60 bits per heavy atom. The Morgan fingerprint density at radius 3 is 2.32 bits per heavy atom. The number of phenolic OH excluding ortho intramolecular Hbond substituents is 1. The summed E-state index contributed by atoms with van der Waals surface area (Å²) in [5, 5.41) is 48.0. The molecule has 2 aliphatic heterocycles. The third-order valence-corrected chi connectivity index (χ3v) is 11.0. The molecule has 1 amide bonds. The number of phenols is 1. The van der Waals surface area contributed by atoms with Gasteiger partial charge >= 0.3 is 0 Å². The number of rotatable bonds is 4. The molecule has 0 unspecified atom stereocenters. The summed E-state index contributed by atoms with van der Waals surface area (Å²) >= 11 is 0. The molecule has 3 aromatic rings. The Labute approximate surface area is 285 Å². The summed E-state index contributed by atoms with van der Waals surface area (Å²) in [5.74, 6) is -6.85. The minimum absolute atomic E-state index is 0.0338. The predicted molar refractivity (Wildman–Crippen MR) is 177 cm³/mol. The molecule has 2 heterocycles. The third kappa shape index (κ3) is 3.98. The van der Waals surface area contributed by atoms with E-state index in [0.717, 1.165) is 0 Å². The van der Waals surface area contributed by atoms with Gasteiger partial charge in [0.1, 0.15) is 22.8 Å². The van der Waals surface area contributed by atoms with Crippen LogP contribution in [0.3, 0.4) is 0 Å². The van der Waals surface area contributed by atoms with Crippen molar-refractivity contribution in [1.29, 1.82) is 0 Å². The number of nitrogens with two attached hydrogens (primary N) is 1. The van der Waals surface area contributed by atoms with E-state index in [4.69, 9.17) is 24.7 Å². The van der Waals surface area contributed by atoms with E-state index in [2.05, 4.69) is 0 Å². The molecule has 1 saturated carbocycles. The molecule has 13 nitrogen and oxygen atoms in total. The van der Waals surface area contributed by atoms with Crippen molar-refractivity contribution in [2.75, 3.05) is 27.7 Å². The molecule has 0 spiro atoms. The minimum Gasteiger partial charge on any atom is -0.508 e. The highest BCUT2D eigenvalue weighted by Gasteiger charge is 2.67. The van der Waals surface area contributed by atoms with Crippen LogP contribution in [0, 0.1) is 17.8 Å². The summed E-state index contributed by atoms with van der Waals surface area (Å²) in [6.45, 7) is 3.59. The first-order valence-corrected chi connectivity index (χ1v) is 16.1. The number of aliphatic hydroxyl groups is 3. The first-order chi connectivity index (χ1) is 23.8. The van der Waals surface area contributed by atoms with Crippen molar-refractivity contribution in [3.8, 4) is 51.0 Å². The SMILES string of the molecule is C[C@H]1[C@H]2C(=C(O)c3c(O)c(-c4cccc5c4OCO5)cc(-c4ccc5c(c4)OCO5)c3[C@@H]2C)C(=O)[C@]2(O)C(O)=C(C(N)=O)C(=O)[C@@H](N(C)C)[C@H]12. The number of amides is 1. The fourth-order valence-electron chi connectivity index (χ4n) is 8.90. The molecular formula is C37H34N2O11. The Morgan fingerprint density at radius 1 is 0.900 bits per heavy atom. The van der Waals surface area contributed by atoms with E-state index in [9.17, 15) is 34.8 Å². The lowest BCUT2D eigenvalue weighted by Crippen LogP contribution is -2.68. The van der Waals surface area contributed by atoms with E-state index < -0.39 is 69.9 Å². The fraction of sp³-hybridized carbons (Fsp3) is 0.324. The van der Waals surface area contributed by atoms with Gasteiger partial charge in [0.15, 0.2) is 34.4 Å². The number of ketones is 2. The van der Waals surface area contributed by atoms with Gasteiger partial charge in [-0.1, -0.05) is 32.0 Å². The summed E-state index contributed by atoms with van der Waals surface area (Å²) in [6.07, 6.45) is 0. The highest BCUT2D eigenvalue weighted by Crippen LogP contribution is 2.61. The first kappa shape index (κ1) is 31.7. The molecule has 3 aromatic carbocycles. The monoisotopic (exact) mass is 682 g/mol. The number of benzene rings is 3. The van der Waals surface area contributed by atoms with Crippen molar-refractivity contribution >= 4 is 23.2 Å². The van der Waals surface area contributed by atoms with E-state index in [1.807, 2.05) is 13.0 Å². The molecule has 8 rings (SSSR count). The van der Waals surface area contributed by atoms with Gasteiger partial charge in [-0.3, -0.25) is 19.3 Å². The molecule has 0 bridgehead atoms. The maximum atomic E-state index is 14.7. The van der Waals surface area contributed by atoms with Crippen molar-refractivity contribution in [3.05, 3.63) is 70.5 Å². The number of likely N-dealkylation sites (N-methyl/N-ethyl adjacent to an activating group) is 1.